The number of carbonyl (C=O) groups is 1. The molecule has 1 aliphatic heterocycles. The number of aromatic nitrogens is 4. The van der Waals surface area contributed by atoms with Gasteiger partial charge in [0.15, 0.2) is 0 Å². The van der Waals surface area contributed by atoms with E-state index in [1.54, 1.807) is 21.7 Å². The lowest BCUT2D eigenvalue weighted by molar-refractivity contribution is -0.141. The standard InChI is InChI=1S/C27H24FN7O2S/c1-16-23(13-32-35(16)22-4-3-7-33(15-22)27(37)17(2)36)19-9-25(26-20(11-30)12-31-34(26)14-19)38-24-6-5-21(28)8-18(24)10-29/h5-6,8-9,12-14,17,22,36H,3-4,7,15H2,1-2H3/t17-,22+/m1/s1. The predicted molar refractivity (Wildman–Crippen MR) is 138 cm³/mol. The molecule has 0 unspecified atom stereocenters. The molecule has 38 heavy (non-hydrogen) atoms. The maximum absolute atomic E-state index is 13.7. The van der Waals surface area contributed by atoms with Gasteiger partial charge in [0.05, 0.1) is 35.1 Å². The van der Waals surface area contributed by atoms with Gasteiger partial charge in [-0.3, -0.25) is 9.48 Å². The highest BCUT2D eigenvalue weighted by Crippen LogP contribution is 2.38. The van der Waals surface area contributed by atoms with E-state index in [-0.39, 0.29) is 17.5 Å². The van der Waals surface area contributed by atoms with Crippen molar-refractivity contribution in [2.75, 3.05) is 13.1 Å². The number of carbonyl (C=O) groups excluding carboxylic acids is 1. The lowest BCUT2D eigenvalue weighted by Crippen LogP contribution is -2.44. The lowest BCUT2D eigenvalue weighted by Gasteiger charge is -2.34. The molecule has 5 rings (SSSR count). The van der Waals surface area contributed by atoms with E-state index in [1.807, 2.05) is 29.9 Å². The number of hydrogen-bond donors (Lipinski definition) is 1. The van der Waals surface area contributed by atoms with Crippen LogP contribution in [-0.4, -0.2) is 54.5 Å². The summed E-state index contributed by atoms with van der Waals surface area (Å²) in [5.74, 6) is -0.775. The number of aliphatic hydroxyl groups excluding tert-OH is 1. The highest BCUT2D eigenvalue weighted by Gasteiger charge is 2.28. The van der Waals surface area contributed by atoms with Crippen molar-refractivity contribution < 1.29 is 14.3 Å². The van der Waals surface area contributed by atoms with Crippen LogP contribution in [0.4, 0.5) is 4.39 Å². The van der Waals surface area contributed by atoms with Crippen LogP contribution in [0.5, 0.6) is 0 Å². The molecule has 1 amide bonds. The van der Waals surface area contributed by atoms with Crippen molar-refractivity contribution in [2.45, 2.75) is 48.6 Å². The fraction of sp³-hybridized carbons (Fsp3) is 0.296. The first-order valence-corrected chi connectivity index (χ1v) is 12.9. The molecular formula is C27H24FN7O2S. The average Bonchev–Trinajstić information content (AvgIpc) is 3.52. The molecule has 1 aromatic carbocycles. The quantitative estimate of drug-likeness (QED) is 0.413. The third kappa shape index (κ3) is 4.62. The number of fused-ring (bicyclic) bond motifs is 1. The van der Waals surface area contributed by atoms with Gasteiger partial charge in [-0.05, 0) is 51.0 Å². The molecule has 1 aliphatic rings. The highest BCUT2D eigenvalue weighted by molar-refractivity contribution is 7.99. The molecule has 4 heterocycles. The number of amides is 1. The number of benzene rings is 1. The second-order valence-corrected chi connectivity index (χ2v) is 10.3. The predicted octanol–water partition coefficient (Wildman–Crippen LogP) is 4.08. The summed E-state index contributed by atoms with van der Waals surface area (Å²) in [4.78, 5) is 15.3. The molecule has 3 aromatic heterocycles. The zero-order valence-electron chi connectivity index (χ0n) is 20.8. The number of nitriles is 2. The molecule has 11 heteroatoms. The minimum atomic E-state index is -1.04. The maximum atomic E-state index is 13.7. The molecule has 1 N–H and O–H groups in total. The fourth-order valence-corrected chi connectivity index (χ4v) is 5.96. The van der Waals surface area contributed by atoms with Crippen LogP contribution in [0.15, 0.2) is 52.6 Å². The first-order valence-electron chi connectivity index (χ1n) is 12.1. The Morgan fingerprint density at radius 2 is 1.97 bits per heavy atom. The Morgan fingerprint density at radius 3 is 2.71 bits per heavy atom. The van der Waals surface area contributed by atoms with Gasteiger partial charge in [-0.15, -0.1) is 0 Å². The minimum absolute atomic E-state index is 0.0231. The Hall–Kier alpha value is -4.19. The van der Waals surface area contributed by atoms with Crippen LogP contribution >= 0.6 is 11.8 Å². The molecule has 0 bridgehead atoms. The Balaban J connectivity index is 1.54. The van der Waals surface area contributed by atoms with Crippen LogP contribution < -0.4 is 0 Å². The lowest BCUT2D eigenvalue weighted by atomic mass is 10.0. The zero-order valence-corrected chi connectivity index (χ0v) is 21.6. The van der Waals surface area contributed by atoms with Gasteiger partial charge in [0.1, 0.15) is 24.1 Å². The van der Waals surface area contributed by atoms with Crippen LogP contribution in [0.1, 0.15) is 42.6 Å². The summed E-state index contributed by atoms with van der Waals surface area (Å²) in [6.45, 7) is 4.52. The highest BCUT2D eigenvalue weighted by atomic mass is 32.2. The molecule has 192 valence electrons. The summed E-state index contributed by atoms with van der Waals surface area (Å²) in [7, 11) is 0. The number of likely N-dealkylation sites (tertiary alicyclic amines) is 1. The first kappa shape index (κ1) is 25.5. The largest absolute Gasteiger partial charge is 0.384 e. The van der Waals surface area contributed by atoms with E-state index < -0.39 is 11.9 Å². The van der Waals surface area contributed by atoms with Gasteiger partial charge in [0, 0.05) is 45.9 Å². The number of piperidine rings is 1. The van der Waals surface area contributed by atoms with Gasteiger partial charge in [0.2, 0.25) is 0 Å². The summed E-state index contributed by atoms with van der Waals surface area (Å²) in [6.07, 6.45) is 5.72. The van der Waals surface area contributed by atoms with Gasteiger partial charge in [-0.25, -0.2) is 8.91 Å². The van der Waals surface area contributed by atoms with Crippen LogP contribution in [0, 0.1) is 35.4 Å². The molecule has 0 aliphatic carbocycles. The Morgan fingerprint density at radius 1 is 1.18 bits per heavy atom. The zero-order chi connectivity index (χ0) is 27.0. The molecule has 0 radical (unpaired) electrons. The Bertz CT molecular complexity index is 1630. The summed E-state index contributed by atoms with van der Waals surface area (Å²) in [5, 5.41) is 37.9. The van der Waals surface area contributed by atoms with E-state index in [1.165, 1.54) is 37.0 Å². The normalized spacial score (nSPS) is 16.3. The van der Waals surface area contributed by atoms with Crippen molar-refractivity contribution in [2.24, 2.45) is 0 Å². The number of nitrogens with zero attached hydrogens (tertiary/aromatic N) is 7. The molecule has 0 saturated carbocycles. The van der Waals surface area contributed by atoms with E-state index in [0.29, 0.717) is 34.0 Å². The van der Waals surface area contributed by atoms with Crippen molar-refractivity contribution in [3.05, 3.63) is 65.5 Å². The molecule has 4 aromatic rings. The maximum Gasteiger partial charge on any atom is 0.251 e. The first-order chi connectivity index (χ1) is 18.3. The van der Waals surface area contributed by atoms with Crippen LogP contribution in [0.25, 0.3) is 16.6 Å². The summed E-state index contributed by atoms with van der Waals surface area (Å²) in [5.41, 5.74) is 3.76. The van der Waals surface area contributed by atoms with E-state index in [2.05, 4.69) is 16.3 Å². The van der Waals surface area contributed by atoms with Gasteiger partial charge in [-0.2, -0.15) is 20.7 Å². The van der Waals surface area contributed by atoms with Crippen molar-refractivity contribution in [3.63, 3.8) is 0 Å². The van der Waals surface area contributed by atoms with Crippen LogP contribution in [0.2, 0.25) is 0 Å². The summed E-state index contributed by atoms with van der Waals surface area (Å²) < 4.78 is 17.3. The third-order valence-corrected chi connectivity index (χ3v) is 7.85. The van der Waals surface area contributed by atoms with Crippen molar-refractivity contribution >= 4 is 23.2 Å². The van der Waals surface area contributed by atoms with E-state index in [0.717, 1.165) is 29.7 Å². The smallest absolute Gasteiger partial charge is 0.251 e. The number of hydrogen-bond acceptors (Lipinski definition) is 7. The average molecular weight is 530 g/mol. The van der Waals surface area contributed by atoms with Gasteiger partial charge >= 0.3 is 0 Å². The molecular weight excluding hydrogens is 505 g/mol. The van der Waals surface area contributed by atoms with E-state index in [4.69, 9.17) is 0 Å². The third-order valence-electron chi connectivity index (χ3n) is 6.75. The van der Waals surface area contributed by atoms with Gasteiger partial charge < -0.3 is 10.0 Å². The van der Waals surface area contributed by atoms with Crippen molar-refractivity contribution in [1.29, 1.82) is 10.5 Å². The van der Waals surface area contributed by atoms with Gasteiger partial charge in [0.25, 0.3) is 5.91 Å². The molecule has 2 atom stereocenters. The van der Waals surface area contributed by atoms with E-state index >= 15 is 0 Å². The summed E-state index contributed by atoms with van der Waals surface area (Å²) in [6, 6.07) is 10.1. The monoisotopic (exact) mass is 529 g/mol. The number of aliphatic hydroxyl groups is 1. The van der Waals surface area contributed by atoms with Crippen molar-refractivity contribution in [1.82, 2.24) is 24.3 Å². The Labute approximate surface area is 222 Å². The topological polar surface area (TPSA) is 123 Å². The molecule has 0 spiro atoms. The van der Waals surface area contributed by atoms with Crippen LogP contribution in [-0.2, 0) is 4.79 Å². The van der Waals surface area contributed by atoms with Crippen molar-refractivity contribution in [3.8, 4) is 23.3 Å². The minimum Gasteiger partial charge on any atom is -0.384 e. The van der Waals surface area contributed by atoms with Gasteiger partial charge in [-0.1, -0.05) is 11.8 Å². The number of halogens is 1. The number of rotatable bonds is 5. The summed E-state index contributed by atoms with van der Waals surface area (Å²) >= 11 is 1.27. The molecule has 1 fully saturated rings. The SMILES string of the molecule is Cc1c(-c2cc(Sc3ccc(F)cc3C#N)c3c(C#N)cnn3c2)cnn1[C@H]1CCCN(C(=O)[C@@H](C)O)C1. The second kappa shape index (κ2) is 10.3. The molecule has 1 saturated heterocycles. The second-order valence-electron chi connectivity index (χ2n) is 9.26. The number of pyridine rings is 1. The molecule has 9 nitrogen and oxygen atoms in total. The Kier molecular flexibility index (Phi) is 6.89. The van der Waals surface area contributed by atoms with E-state index in [9.17, 15) is 24.8 Å². The fourth-order valence-electron chi connectivity index (χ4n) is 4.88. The van der Waals surface area contributed by atoms with Crippen LogP contribution in [0.3, 0.4) is 0 Å².